The minimum atomic E-state index is -0.705. The van der Waals surface area contributed by atoms with Crippen molar-refractivity contribution in [3.05, 3.63) is 28.8 Å². The number of likely N-dealkylation sites (N-methyl/N-ethyl adjacent to an activating group) is 1. The van der Waals surface area contributed by atoms with E-state index in [2.05, 4.69) is 10.6 Å². The zero-order valence-electron chi connectivity index (χ0n) is 14.6. The minimum absolute atomic E-state index is 0.0266. The van der Waals surface area contributed by atoms with Crippen molar-refractivity contribution in [3.8, 4) is 0 Å². The first kappa shape index (κ1) is 19.5. The Morgan fingerprint density at radius 2 is 2.12 bits per heavy atom. The molecule has 1 heterocycles. The number of hydrogen-bond donors (Lipinski definition) is 3. The molecular formula is C17H24ClN3O4. The van der Waals surface area contributed by atoms with Gasteiger partial charge in [-0.25, -0.2) is 4.79 Å². The van der Waals surface area contributed by atoms with Gasteiger partial charge in [0.15, 0.2) is 0 Å². The number of halogens is 1. The smallest absolute Gasteiger partial charge is 0.322 e. The Balaban J connectivity index is 2.13. The molecule has 0 bridgehead atoms. The zero-order valence-corrected chi connectivity index (χ0v) is 15.3. The molecule has 1 saturated heterocycles. The third-order valence-corrected chi connectivity index (χ3v) is 4.23. The normalized spacial score (nSPS) is 19.8. The Kier molecular flexibility index (Phi) is 6.64. The largest absolute Gasteiger partial charge is 0.388 e. The molecule has 0 unspecified atom stereocenters. The maximum absolute atomic E-state index is 12.5. The van der Waals surface area contributed by atoms with Gasteiger partial charge in [-0.3, -0.25) is 4.79 Å². The van der Waals surface area contributed by atoms with Gasteiger partial charge in [0.1, 0.15) is 0 Å². The number of benzene rings is 1. The summed E-state index contributed by atoms with van der Waals surface area (Å²) >= 11 is 6.09. The number of aliphatic hydroxyl groups is 1. The van der Waals surface area contributed by atoms with Crippen LogP contribution in [0.4, 0.5) is 10.5 Å². The van der Waals surface area contributed by atoms with Crippen molar-refractivity contribution < 1.29 is 19.4 Å². The molecule has 138 valence electrons. The maximum Gasteiger partial charge on any atom is 0.322 e. The molecule has 7 nitrogen and oxygen atoms in total. The highest BCUT2D eigenvalue weighted by molar-refractivity contribution is 6.34. The Bertz CT molecular complexity index is 638. The monoisotopic (exact) mass is 369 g/mol. The molecule has 0 radical (unpaired) electrons. The Morgan fingerprint density at radius 1 is 1.40 bits per heavy atom. The van der Waals surface area contributed by atoms with E-state index in [1.807, 2.05) is 20.8 Å². The Morgan fingerprint density at radius 3 is 2.68 bits per heavy atom. The predicted octanol–water partition coefficient (Wildman–Crippen LogP) is 2.09. The number of carbonyl (C=O) groups excluding carboxylic acids is 2. The number of nitrogens with one attached hydrogen (secondary N) is 2. The lowest BCUT2D eigenvalue weighted by molar-refractivity contribution is 0.0943. The molecule has 1 aromatic rings. The van der Waals surface area contributed by atoms with Crippen LogP contribution >= 0.6 is 11.6 Å². The fourth-order valence-corrected chi connectivity index (χ4v) is 2.87. The molecule has 1 aromatic carbocycles. The summed E-state index contributed by atoms with van der Waals surface area (Å²) in [7, 11) is 0. The summed E-state index contributed by atoms with van der Waals surface area (Å²) in [6, 6.07) is 3.95. The van der Waals surface area contributed by atoms with Crippen LogP contribution in [0.5, 0.6) is 0 Å². The van der Waals surface area contributed by atoms with E-state index in [0.29, 0.717) is 29.4 Å². The standard InChI is InChI=1S/C17H24ClN3O4/c1-4-21(14-8-25-9-15(14)22)17(24)20-11-5-6-13(18)12(7-11)16(23)19-10(2)3/h5-7,10,14-15,22H,4,8-9H2,1-3H3,(H,19,23)(H,20,24)/t14-,15-/m1/s1. The van der Waals surface area contributed by atoms with Gasteiger partial charge in [0, 0.05) is 18.3 Å². The van der Waals surface area contributed by atoms with E-state index in [9.17, 15) is 14.7 Å². The molecule has 0 aliphatic carbocycles. The van der Waals surface area contributed by atoms with Crippen LogP contribution in [0.2, 0.25) is 5.02 Å². The fraction of sp³-hybridized carbons (Fsp3) is 0.529. The summed E-state index contributed by atoms with van der Waals surface area (Å²) in [4.78, 5) is 26.2. The number of urea groups is 1. The van der Waals surface area contributed by atoms with Gasteiger partial charge in [-0.1, -0.05) is 11.6 Å². The highest BCUT2D eigenvalue weighted by Gasteiger charge is 2.33. The third kappa shape index (κ3) is 4.84. The second-order valence-corrected chi connectivity index (χ2v) is 6.62. The van der Waals surface area contributed by atoms with Crippen LogP contribution in [0.1, 0.15) is 31.1 Å². The minimum Gasteiger partial charge on any atom is -0.388 e. The molecule has 2 atom stereocenters. The number of nitrogens with zero attached hydrogens (tertiary/aromatic N) is 1. The molecule has 1 aliphatic rings. The molecule has 0 saturated carbocycles. The van der Waals surface area contributed by atoms with E-state index in [4.69, 9.17) is 16.3 Å². The number of anilines is 1. The zero-order chi connectivity index (χ0) is 18.6. The van der Waals surface area contributed by atoms with E-state index in [1.54, 1.807) is 12.1 Å². The summed E-state index contributed by atoms with van der Waals surface area (Å²) in [5.41, 5.74) is 0.746. The van der Waals surface area contributed by atoms with Crippen molar-refractivity contribution in [1.82, 2.24) is 10.2 Å². The van der Waals surface area contributed by atoms with Crippen molar-refractivity contribution >= 4 is 29.2 Å². The van der Waals surface area contributed by atoms with Gasteiger partial charge in [-0.15, -0.1) is 0 Å². The highest BCUT2D eigenvalue weighted by atomic mass is 35.5. The Hall–Kier alpha value is -1.83. The second kappa shape index (κ2) is 8.51. The van der Waals surface area contributed by atoms with Crippen LogP contribution in [0.25, 0.3) is 0 Å². The molecular weight excluding hydrogens is 346 g/mol. The quantitative estimate of drug-likeness (QED) is 0.741. The number of carbonyl (C=O) groups is 2. The number of rotatable bonds is 5. The van der Waals surface area contributed by atoms with Gasteiger partial charge in [-0.05, 0) is 39.0 Å². The van der Waals surface area contributed by atoms with Gasteiger partial charge in [0.2, 0.25) is 0 Å². The lowest BCUT2D eigenvalue weighted by atomic mass is 10.1. The summed E-state index contributed by atoms with van der Waals surface area (Å²) in [6.07, 6.45) is -0.705. The lowest BCUT2D eigenvalue weighted by Gasteiger charge is -2.29. The van der Waals surface area contributed by atoms with E-state index in [0.717, 1.165) is 0 Å². The molecule has 3 amide bonds. The number of ether oxygens (including phenoxy) is 1. The van der Waals surface area contributed by atoms with Gasteiger partial charge in [0.05, 0.1) is 35.9 Å². The highest BCUT2D eigenvalue weighted by Crippen LogP contribution is 2.22. The van der Waals surface area contributed by atoms with Crippen molar-refractivity contribution in [1.29, 1.82) is 0 Å². The molecule has 3 N–H and O–H groups in total. The van der Waals surface area contributed by atoms with E-state index in [-0.39, 0.29) is 30.6 Å². The van der Waals surface area contributed by atoms with E-state index in [1.165, 1.54) is 11.0 Å². The van der Waals surface area contributed by atoms with E-state index >= 15 is 0 Å². The van der Waals surface area contributed by atoms with Crippen LogP contribution in [0, 0.1) is 0 Å². The van der Waals surface area contributed by atoms with Crippen molar-refractivity contribution in [3.63, 3.8) is 0 Å². The molecule has 0 spiro atoms. The average Bonchev–Trinajstić information content (AvgIpc) is 2.95. The molecule has 0 aromatic heterocycles. The first-order valence-corrected chi connectivity index (χ1v) is 8.65. The van der Waals surface area contributed by atoms with Gasteiger partial charge in [-0.2, -0.15) is 0 Å². The fourth-order valence-electron chi connectivity index (χ4n) is 2.67. The molecule has 8 heteroatoms. The molecule has 1 fully saturated rings. The number of aliphatic hydroxyl groups excluding tert-OH is 1. The van der Waals surface area contributed by atoms with Gasteiger partial charge in [0.25, 0.3) is 5.91 Å². The summed E-state index contributed by atoms with van der Waals surface area (Å²) in [5.74, 6) is -0.303. The summed E-state index contributed by atoms with van der Waals surface area (Å²) in [5, 5.41) is 15.8. The average molecular weight is 370 g/mol. The number of hydrogen-bond acceptors (Lipinski definition) is 4. The maximum atomic E-state index is 12.5. The molecule has 1 aliphatic heterocycles. The topological polar surface area (TPSA) is 90.9 Å². The lowest BCUT2D eigenvalue weighted by Crippen LogP contribution is -2.48. The van der Waals surface area contributed by atoms with Crippen LogP contribution < -0.4 is 10.6 Å². The van der Waals surface area contributed by atoms with Crippen molar-refractivity contribution in [2.24, 2.45) is 0 Å². The third-order valence-electron chi connectivity index (χ3n) is 3.91. The molecule has 25 heavy (non-hydrogen) atoms. The predicted molar refractivity (Wildman–Crippen MR) is 96.1 cm³/mol. The molecule has 2 rings (SSSR count). The van der Waals surface area contributed by atoms with Crippen LogP contribution in [-0.4, -0.2) is 59.9 Å². The van der Waals surface area contributed by atoms with Crippen LogP contribution in [0.15, 0.2) is 18.2 Å². The second-order valence-electron chi connectivity index (χ2n) is 6.21. The van der Waals surface area contributed by atoms with Gasteiger partial charge >= 0.3 is 6.03 Å². The van der Waals surface area contributed by atoms with Crippen molar-refractivity contribution in [2.75, 3.05) is 25.1 Å². The number of amides is 3. The van der Waals surface area contributed by atoms with E-state index < -0.39 is 6.10 Å². The first-order chi connectivity index (χ1) is 11.8. The van der Waals surface area contributed by atoms with Crippen LogP contribution in [0.3, 0.4) is 0 Å². The summed E-state index contributed by atoms with van der Waals surface area (Å²) < 4.78 is 5.21. The SMILES string of the molecule is CCN(C(=O)Nc1ccc(Cl)c(C(=O)NC(C)C)c1)[C@@H]1COC[C@H]1O. The van der Waals surface area contributed by atoms with Crippen LogP contribution in [-0.2, 0) is 4.74 Å². The van der Waals surface area contributed by atoms with Crippen molar-refractivity contribution in [2.45, 2.75) is 39.0 Å². The first-order valence-electron chi connectivity index (χ1n) is 8.27. The van der Waals surface area contributed by atoms with Gasteiger partial charge < -0.3 is 25.4 Å². The summed E-state index contributed by atoms with van der Waals surface area (Å²) in [6.45, 7) is 6.47. The Labute approximate surface area is 152 Å².